The number of rotatable bonds is 0. The second kappa shape index (κ2) is 2.84. The number of hydrogen-bond donors (Lipinski definition) is 1. The quantitative estimate of drug-likeness (QED) is 0.481. The molecule has 2 saturated heterocycles. The summed E-state index contributed by atoms with van der Waals surface area (Å²) in [5.74, 6) is 0. The summed E-state index contributed by atoms with van der Waals surface area (Å²) in [6, 6.07) is 0. The molecule has 4 heteroatoms. The topological polar surface area (TPSA) is 33.7 Å². The molecule has 4 nitrogen and oxygen atoms in total. The molecule has 1 atom stereocenters. The van der Waals surface area contributed by atoms with Gasteiger partial charge in [0.25, 0.3) is 0 Å². The summed E-state index contributed by atoms with van der Waals surface area (Å²) in [5.41, 5.74) is 0. The molecule has 0 spiro atoms. The molecular formula is C6H12N2O2. The molecule has 2 fully saturated rings. The predicted octanol–water partition coefficient (Wildman–Crippen LogP) is -0.821. The van der Waals surface area contributed by atoms with Crippen LogP contribution in [0, 0.1) is 0 Å². The molecule has 0 aromatic heterocycles. The van der Waals surface area contributed by atoms with Crippen molar-refractivity contribution in [2.45, 2.75) is 6.23 Å². The summed E-state index contributed by atoms with van der Waals surface area (Å²) >= 11 is 0. The highest BCUT2D eigenvalue weighted by molar-refractivity contribution is 4.68. The Hall–Kier alpha value is -0.160. The van der Waals surface area contributed by atoms with Gasteiger partial charge in [-0.15, -0.1) is 0 Å². The third kappa shape index (κ3) is 1.15. The van der Waals surface area contributed by atoms with Crippen LogP contribution in [-0.2, 0) is 9.57 Å². The van der Waals surface area contributed by atoms with Crippen molar-refractivity contribution in [1.29, 1.82) is 0 Å². The summed E-state index contributed by atoms with van der Waals surface area (Å²) in [7, 11) is 0. The van der Waals surface area contributed by atoms with Crippen LogP contribution in [0.25, 0.3) is 0 Å². The number of nitrogens with zero attached hydrogens (tertiary/aromatic N) is 1. The van der Waals surface area contributed by atoms with Crippen LogP contribution in [0.4, 0.5) is 0 Å². The molecule has 0 radical (unpaired) electrons. The molecule has 2 heterocycles. The number of hydrogen-bond acceptors (Lipinski definition) is 4. The number of nitrogens with one attached hydrogen (secondary N) is 1. The minimum atomic E-state index is 0.155. The fourth-order valence-corrected chi connectivity index (χ4v) is 1.29. The first-order valence-electron chi connectivity index (χ1n) is 3.69. The summed E-state index contributed by atoms with van der Waals surface area (Å²) < 4.78 is 5.42. The first-order chi connectivity index (χ1) is 4.97. The van der Waals surface area contributed by atoms with E-state index in [1.54, 1.807) is 0 Å². The Morgan fingerprint density at radius 1 is 1.40 bits per heavy atom. The van der Waals surface area contributed by atoms with Gasteiger partial charge < -0.3 is 10.1 Å². The Morgan fingerprint density at radius 3 is 3.30 bits per heavy atom. The van der Waals surface area contributed by atoms with Crippen molar-refractivity contribution in [3.05, 3.63) is 0 Å². The molecule has 1 N–H and O–H groups in total. The van der Waals surface area contributed by atoms with E-state index in [9.17, 15) is 0 Å². The first-order valence-corrected chi connectivity index (χ1v) is 3.69. The van der Waals surface area contributed by atoms with Crippen molar-refractivity contribution >= 4 is 0 Å². The average Bonchev–Trinajstić information content (AvgIpc) is 2.05. The first kappa shape index (κ1) is 6.54. The van der Waals surface area contributed by atoms with Crippen molar-refractivity contribution in [3.63, 3.8) is 0 Å². The van der Waals surface area contributed by atoms with Crippen LogP contribution in [0.15, 0.2) is 0 Å². The van der Waals surface area contributed by atoms with E-state index in [2.05, 4.69) is 5.32 Å². The fraction of sp³-hybridized carbons (Fsp3) is 1.00. The smallest absolute Gasteiger partial charge is 0.145 e. The van der Waals surface area contributed by atoms with E-state index in [-0.39, 0.29) is 6.23 Å². The molecule has 0 aliphatic carbocycles. The van der Waals surface area contributed by atoms with Gasteiger partial charge in [-0.2, -0.15) is 5.06 Å². The van der Waals surface area contributed by atoms with Crippen molar-refractivity contribution in [3.8, 4) is 0 Å². The average molecular weight is 144 g/mol. The molecule has 0 bridgehead atoms. The van der Waals surface area contributed by atoms with Crippen LogP contribution in [0.2, 0.25) is 0 Å². The zero-order chi connectivity index (χ0) is 6.81. The Labute approximate surface area is 60.0 Å². The highest BCUT2D eigenvalue weighted by Gasteiger charge is 2.26. The largest absolute Gasteiger partial charge is 0.357 e. The Kier molecular flexibility index (Phi) is 1.86. The molecule has 0 aromatic rings. The van der Waals surface area contributed by atoms with Crippen molar-refractivity contribution in [2.24, 2.45) is 0 Å². The molecule has 0 saturated carbocycles. The maximum atomic E-state index is 5.42. The number of fused-ring (bicyclic) bond motifs is 1. The van der Waals surface area contributed by atoms with Gasteiger partial charge in [0.2, 0.25) is 0 Å². The van der Waals surface area contributed by atoms with Gasteiger partial charge >= 0.3 is 0 Å². The third-order valence-corrected chi connectivity index (χ3v) is 1.80. The van der Waals surface area contributed by atoms with E-state index >= 15 is 0 Å². The van der Waals surface area contributed by atoms with Crippen molar-refractivity contribution in [2.75, 3.05) is 32.8 Å². The lowest BCUT2D eigenvalue weighted by Crippen LogP contribution is -2.55. The minimum Gasteiger partial charge on any atom is -0.357 e. The van der Waals surface area contributed by atoms with E-state index in [0.717, 1.165) is 26.2 Å². The molecule has 0 amide bonds. The SMILES string of the molecule is C1CN2OCCOC2CN1. The van der Waals surface area contributed by atoms with E-state index < -0.39 is 0 Å². The normalized spacial score (nSPS) is 35.4. The summed E-state index contributed by atoms with van der Waals surface area (Å²) in [5, 5.41) is 5.15. The molecule has 2 aliphatic heterocycles. The molecular weight excluding hydrogens is 132 g/mol. The lowest BCUT2D eigenvalue weighted by molar-refractivity contribution is -0.304. The third-order valence-electron chi connectivity index (χ3n) is 1.80. The van der Waals surface area contributed by atoms with Gasteiger partial charge in [-0.05, 0) is 0 Å². The van der Waals surface area contributed by atoms with Gasteiger partial charge in [0.15, 0.2) is 0 Å². The highest BCUT2D eigenvalue weighted by Crippen LogP contribution is 2.09. The van der Waals surface area contributed by atoms with Gasteiger partial charge in [-0.25, -0.2) is 0 Å². The highest BCUT2D eigenvalue weighted by atomic mass is 16.7. The molecule has 10 heavy (non-hydrogen) atoms. The molecule has 1 unspecified atom stereocenters. The standard InChI is InChI=1S/C6H12N2O2/c1-2-8-6(5-7-1)9-3-4-10-8/h6-7H,1-5H2. The van der Waals surface area contributed by atoms with E-state index in [1.807, 2.05) is 5.06 Å². The Morgan fingerprint density at radius 2 is 2.40 bits per heavy atom. The summed E-state index contributed by atoms with van der Waals surface area (Å²) in [6.07, 6.45) is 0.155. The van der Waals surface area contributed by atoms with Crippen molar-refractivity contribution < 1.29 is 9.57 Å². The van der Waals surface area contributed by atoms with Crippen LogP contribution in [-0.4, -0.2) is 44.1 Å². The number of ether oxygens (including phenoxy) is 1. The van der Waals surface area contributed by atoms with E-state index in [4.69, 9.17) is 9.57 Å². The Bertz CT molecular complexity index is 94.3. The monoisotopic (exact) mass is 144 g/mol. The maximum Gasteiger partial charge on any atom is 0.145 e. The molecule has 2 rings (SSSR count). The lowest BCUT2D eigenvalue weighted by Gasteiger charge is -2.37. The Balaban J connectivity index is 1.93. The van der Waals surface area contributed by atoms with Crippen LogP contribution in [0.5, 0.6) is 0 Å². The van der Waals surface area contributed by atoms with Gasteiger partial charge in [0.05, 0.1) is 13.2 Å². The van der Waals surface area contributed by atoms with E-state index in [1.165, 1.54) is 0 Å². The molecule has 0 aromatic carbocycles. The number of hydroxylamine groups is 2. The van der Waals surface area contributed by atoms with Crippen LogP contribution in [0.3, 0.4) is 0 Å². The summed E-state index contributed by atoms with van der Waals surface area (Å²) in [6.45, 7) is 4.25. The second-order valence-electron chi connectivity index (χ2n) is 2.50. The van der Waals surface area contributed by atoms with Gasteiger partial charge in [0.1, 0.15) is 6.23 Å². The van der Waals surface area contributed by atoms with Crippen molar-refractivity contribution in [1.82, 2.24) is 10.4 Å². The fourth-order valence-electron chi connectivity index (χ4n) is 1.29. The summed E-state index contributed by atoms with van der Waals surface area (Å²) in [4.78, 5) is 5.35. The number of piperazine rings is 1. The van der Waals surface area contributed by atoms with Crippen LogP contribution < -0.4 is 5.32 Å². The van der Waals surface area contributed by atoms with Crippen LogP contribution in [0.1, 0.15) is 0 Å². The molecule has 58 valence electrons. The van der Waals surface area contributed by atoms with Gasteiger partial charge in [0, 0.05) is 19.6 Å². The zero-order valence-corrected chi connectivity index (χ0v) is 5.88. The van der Waals surface area contributed by atoms with E-state index in [0.29, 0.717) is 6.61 Å². The van der Waals surface area contributed by atoms with Gasteiger partial charge in [-0.1, -0.05) is 0 Å². The van der Waals surface area contributed by atoms with Crippen LogP contribution >= 0.6 is 0 Å². The maximum absolute atomic E-state index is 5.42. The molecule has 2 aliphatic rings. The predicted molar refractivity (Wildman–Crippen MR) is 35.3 cm³/mol. The second-order valence-corrected chi connectivity index (χ2v) is 2.50. The minimum absolute atomic E-state index is 0.155. The lowest BCUT2D eigenvalue weighted by atomic mass is 10.4. The van der Waals surface area contributed by atoms with Gasteiger partial charge in [-0.3, -0.25) is 4.84 Å². The zero-order valence-electron chi connectivity index (χ0n) is 5.88.